The van der Waals surface area contributed by atoms with E-state index in [1.807, 2.05) is 37.3 Å². The normalized spacial score (nSPS) is 44.0. The van der Waals surface area contributed by atoms with E-state index in [-0.39, 0.29) is 22.7 Å². The molecule has 4 aliphatic carbocycles. The molecule has 0 aromatic heterocycles. The second-order valence-corrected chi connectivity index (χ2v) is 11.2. The van der Waals surface area contributed by atoms with Gasteiger partial charge in [-0.15, -0.1) is 0 Å². The van der Waals surface area contributed by atoms with Crippen molar-refractivity contribution in [3.8, 4) is 0 Å². The summed E-state index contributed by atoms with van der Waals surface area (Å²) in [6.45, 7) is 7.40. The number of ether oxygens (including phenoxy) is 1. The number of aliphatic hydroxyl groups is 3. The Labute approximate surface area is 206 Å². The molecular formula is C29H34O6. The van der Waals surface area contributed by atoms with Crippen LogP contribution in [0, 0.1) is 34.5 Å². The summed E-state index contributed by atoms with van der Waals surface area (Å²) in [6, 6.07) is 9.28. The lowest BCUT2D eigenvalue weighted by Gasteiger charge is -2.48. The van der Waals surface area contributed by atoms with Crippen LogP contribution in [0.25, 0.3) is 6.08 Å². The first kappa shape index (κ1) is 24.2. The van der Waals surface area contributed by atoms with Gasteiger partial charge in [0.2, 0.25) is 0 Å². The summed E-state index contributed by atoms with van der Waals surface area (Å²) in [5, 5.41) is 34.1. The maximum Gasteiger partial charge on any atom is 0.331 e. The van der Waals surface area contributed by atoms with Crippen LogP contribution in [-0.4, -0.2) is 51.5 Å². The van der Waals surface area contributed by atoms with Gasteiger partial charge in [0.25, 0.3) is 0 Å². The summed E-state index contributed by atoms with van der Waals surface area (Å²) in [7, 11) is 0. The molecule has 0 aliphatic heterocycles. The van der Waals surface area contributed by atoms with Gasteiger partial charge in [0.1, 0.15) is 6.10 Å². The number of carbonyl (C=O) groups is 2. The Bertz CT molecular complexity index is 1150. The molecule has 2 bridgehead atoms. The molecule has 0 heterocycles. The third-order valence-electron chi connectivity index (χ3n) is 9.73. The van der Waals surface area contributed by atoms with E-state index in [0.29, 0.717) is 17.4 Å². The van der Waals surface area contributed by atoms with Gasteiger partial charge in [-0.05, 0) is 59.3 Å². The first-order valence-electron chi connectivity index (χ1n) is 12.4. The third-order valence-corrected chi connectivity index (χ3v) is 9.73. The van der Waals surface area contributed by atoms with Crippen molar-refractivity contribution in [3.63, 3.8) is 0 Å². The Hall–Kier alpha value is -2.54. The fraction of sp³-hybridized carbons (Fsp3) is 0.517. The SMILES string of the molecule is CC1=C[C@]23C(=O)[C@@H](C=C(CO)[C@@H](O)[C@]2(O)[C@H]1OC(=O)/C=C/c1ccccc1)[C@]1(C)[C@H](C)[C@@H]1C[C@H]3C. The van der Waals surface area contributed by atoms with Crippen molar-refractivity contribution in [3.05, 3.63) is 65.3 Å². The Morgan fingerprint density at radius 2 is 1.91 bits per heavy atom. The highest BCUT2D eigenvalue weighted by atomic mass is 16.6. The van der Waals surface area contributed by atoms with Crippen LogP contribution in [0.5, 0.6) is 0 Å². The average Bonchev–Trinajstić information content (AvgIpc) is 3.30. The first-order valence-corrected chi connectivity index (χ1v) is 12.4. The molecule has 5 rings (SSSR count). The molecule has 1 aromatic carbocycles. The molecule has 186 valence electrons. The predicted octanol–water partition coefficient (Wildman–Crippen LogP) is 3.08. The predicted molar refractivity (Wildman–Crippen MR) is 131 cm³/mol. The summed E-state index contributed by atoms with van der Waals surface area (Å²) in [5.74, 6) is -1.07. The molecule has 6 nitrogen and oxygen atoms in total. The molecular weight excluding hydrogens is 444 g/mol. The fourth-order valence-corrected chi connectivity index (χ4v) is 7.52. The van der Waals surface area contributed by atoms with Gasteiger partial charge in [-0.2, -0.15) is 0 Å². The van der Waals surface area contributed by atoms with Gasteiger partial charge in [0.05, 0.1) is 12.0 Å². The van der Waals surface area contributed by atoms with Gasteiger partial charge in [-0.25, -0.2) is 4.79 Å². The number of carbonyl (C=O) groups excluding carboxylic acids is 2. The highest BCUT2D eigenvalue weighted by molar-refractivity contribution is 5.96. The molecule has 35 heavy (non-hydrogen) atoms. The Kier molecular flexibility index (Phi) is 5.51. The molecule has 1 spiro atoms. The number of allylic oxidation sites excluding steroid dienone is 1. The van der Waals surface area contributed by atoms with Crippen LogP contribution in [0.2, 0.25) is 0 Å². The van der Waals surface area contributed by atoms with Crippen LogP contribution in [0.4, 0.5) is 0 Å². The minimum Gasteiger partial charge on any atom is -0.451 e. The van der Waals surface area contributed by atoms with E-state index in [1.165, 1.54) is 6.08 Å². The summed E-state index contributed by atoms with van der Waals surface area (Å²) in [5.41, 5.74) is -2.31. The lowest BCUT2D eigenvalue weighted by Crippen LogP contribution is -2.65. The van der Waals surface area contributed by atoms with Crippen LogP contribution in [0.15, 0.2) is 59.7 Å². The maximum atomic E-state index is 14.4. The quantitative estimate of drug-likeness (QED) is 0.349. The topological polar surface area (TPSA) is 104 Å². The van der Waals surface area contributed by atoms with Crippen molar-refractivity contribution in [1.82, 2.24) is 0 Å². The molecule has 2 fully saturated rings. The number of fused-ring (bicyclic) bond motifs is 3. The smallest absolute Gasteiger partial charge is 0.331 e. The number of Topliss-reactive ketones (excluding diaryl/α,β-unsaturated/α-hetero) is 1. The standard InChI is InChI=1S/C29H34O6/c1-16-14-28-17(2)12-21-18(3)27(21,4)22(25(28)33)13-20(15-30)24(32)29(28,34)26(16)35-23(31)11-10-19-8-6-5-7-9-19/h5-11,13-14,17-18,21-22,24,26,30,32,34H,12,15H2,1-4H3/b11-10+/t17-,18-,21+,22-,24-,26+,27-,28+,29+/m1/s1. The fourth-order valence-electron chi connectivity index (χ4n) is 7.52. The molecule has 2 saturated carbocycles. The van der Waals surface area contributed by atoms with Crippen molar-refractivity contribution in [1.29, 1.82) is 0 Å². The molecule has 4 aliphatic rings. The largest absolute Gasteiger partial charge is 0.451 e. The molecule has 0 saturated heterocycles. The van der Waals surface area contributed by atoms with Gasteiger partial charge in [0, 0.05) is 12.0 Å². The lowest BCUT2D eigenvalue weighted by molar-refractivity contribution is -0.201. The molecule has 9 atom stereocenters. The van der Waals surface area contributed by atoms with Crippen LogP contribution >= 0.6 is 0 Å². The minimum absolute atomic E-state index is 0.165. The molecule has 0 amide bonds. The number of benzene rings is 1. The second kappa shape index (κ2) is 7.99. The Morgan fingerprint density at radius 3 is 2.57 bits per heavy atom. The van der Waals surface area contributed by atoms with Crippen molar-refractivity contribution < 1.29 is 29.6 Å². The van der Waals surface area contributed by atoms with E-state index < -0.39 is 41.7 Å². The summed E-state index contributed by atoms with van der Waals surface area (Å²) < 4.78 is 5.78. The molecule has 3 N–H and O–H groups in total. The number of hydrogen-bond acceptors (Lipinski definition) is 6. The van der Waals surface area contributed by atoms with Crippen molar-refractivity contribution in [2.75, 3.05) is 6.61 Å². The van der Waals surface area contributed by atoms with Crippen LogP contribution in [-0.2, 0) is 14.3 Å². The van der Waals surface area contributed by atoms with Gasteiger partial charge < -0.3 is 20.1 Å². The summed E-state index contributed by atoms with van der Waals surface area (Å²) in [6.07, 6.45) is 4.23. The zero-order valence-electron chi connectivity index (χ0n) is 20.6. The van der Waals surface area contributed by atoms with Crippen molar-refractivity contribution in [2.24, 2.45) is 34.5 Å². The van der Waals surface area contributed by atoms with Gasteiger partial charge in [-0.3, -0.25) is 4.79 Å². The van der Waals surface area contributed by atoms with E-state index in [4.69, 9.17) is 4.74 Å². The third kappa shape index (κ3) is 3.06. The number of aliphatic hydroxyl groups excluding tert-OH is 2. The van der Waals surface area contributed by atoms with Crippen molar-refractivity contribution in [2.45, 2.75) is 51.9 Å². The van der Waals surface area contributed by atoms with E-state index in [0.717, 1.165) is 12.0 Å². The first-order chi connectivity index (χ1) is 16.5. The number of hydrogen-bond donors (Lipinski definition) is 3. The number of ketones is 1. The van der Waals surface area contributed by atoms with E-state index in [2.05, 4.69) is 13.8 Å². The van der Waals surface area contributed by atoms with Crippen LogP contribution < -0.4 is 0 Å². The van der Waals surface area contributed by atoms with Gasteiger partial charge in [0.15, 0.2) is 17.5 Å². The van der Waals surface area contributed by atoms with Crippen LogP contribution in [0.1, 0.15) is 39.7 Å². The number of rotatable bonds is 4. The average molecular weight is 479 g/mol. The molecule has 6 heteroatoms. The highest BCUT2D eigenvalue weighted by Crippen LogP contribution is 2.72. The lowest BCUT2D eigenvalue weighted by atomic mass is 9.59. The number of esters is 1. The molecule has 0 unspecified atom stereocenters. The van der Waals surface area contributed by atoms with Crippen LogP contribution in [0.3, 0.4) is 0 Å². The Balaban J connectivity index is 1.57. The van der Waals surface area contributed by atoms with Crippen molar-refractivity contribution >= 4 is 17.8 Å². The molecule has 0 radical (unpaired) electrons. The van der Waals surface area contributed by atoms with Gasteiger partial charge in [-0.1, -0.05) is 63.3 Å². The maximum absolute atomic E-state index is 14.4. The van der Waals surface area contributed by atoms with E-state index in [9.17, 15) is 24.9 Å². The molecule has 1 aromatic rings. The Morgan fingerprint density at radius 1 is 1.23 bits per heavy atom. The monoisotopic (exact) mass is 478 g/mol. The highest BCUT2D eigenvalue weighted by Gasteiger charge is 2.77. The summed E-state index contributed by atoms with van der Waals surface area (Å²) >= 11 is 0. The van der Waals surface area contributed by atoms with Gasteiger partial charge >= 0.3 is 5.97 Å². The van der Waals surface area contributed by atoms with E-state index >= 15 is 0 Å². The zero-order chi connectivity index (χ0) is 25.3. The van der Waals surface area contributed by atoms with E-state index in [1.54, 1.807) is 25.2 Å². The summed E-state index contributed by atoms with van der Waals surface area (Å²) in [4.78, 5) is 27.2. The minimum atomic E-state index is -2.12. The second-order valence-electron chi connectivity index (χ2n) is 11.2. The zero-order valence-corrected chi connectivity index (χ0v) is 20.6.